The molecule has 1 saturated carbocycles. The number of sulfone groups is 1. The van der Waals surface area contributed by atoms with E-state index in [1.165, 1.54) is 12.8 Å². The quantitative estimate of drug-likeness (QED) is 0.791. The largest absolute Gasteiger partial charge is 0.355 e. The van der Waals surface area contributed by atoms with Crippen LogP contribution in [-0.2, 0) is 14.6 Å². The standard InChI is InChI=1S/C10H18BrNO3S/c1-16(14,15)7-10(13)12-6-8-4-2-3-5-9(8)11/h8-9H,2-7H2,1H3,(H,12,13). The fourth-order valence-electron chi connectivity index (χ4n) is 1.93. The lowest BCUT2D eigenvalue weighted by Crippen LogP contribution is -2.37. The summed E-state index contributed by atoms with van der Waals surface area (Å²) in [6, 6.07) is 0. The predicted molar refractivity (Wildman–Crippen MR) is 67.4 cm³/mol. The molecule has 0 aromatic rings. The maximum absolute atomic E-state index is 11.3. The Bertz CT molecular complexity index is 342. The number of carbonyl (C=O) groups excluding carboxylic acids is 1. The molecule has 0 heterocycles. The molecule has 1 N–H and O–H groups in total. The van der Waals surface area contributed by atoms with Crippen molar-refractivity contribution in [2.75, 3.05) is 18.6 Å². The van der Waals surface area contributed by atoms with E-state index >= 15 is 0 Å². The number of carbonyl (C=O) groups is 1. The van der Waals surface area contributed by atoms with Crippen LogP contribution in [0.3, 0.4) is 0 Å². The van der Waals surface area contributed by atoms with Gasteiger partial charge in [-0.15, -0.1) is 0 Å². The Morgan fingerprint density at radius 3 is 2.56 bits per heavy atom. The summed E-state index contributed by atoms with van der Waals surface area (Å²) in [6.07, 6.45) is 5.71. The van der Waals surface area contributed by atoms with E-state index < -0.39 is 21.5 Å². The molecule has 0 bridgehead atoms. The Hall–Kier alpha value is -0.100. The molecule has 1 rings (SSSR count). The molecule has 0 saturated heterocycles. The fourth-order valence-corrected chi connectivity index (χ4v) is 3.28. The topological polar surface area (TPSA) is 63.2 Å². The third-order valence-corrected chi connectivity index (χ3v) is 4.76. The van der Waals surface area contributed by atoms with Crippen molar-refractivity contribution in [1.82, 2.24) is 5.32 Å². The second-order valence-electron chi connectivity index (χ2n) is 4.43. The van der Waals surface area contributed by atoms with E-state index in [1.54, 1.807) is 0 Å². The molecular formula is C10H18BrNO3S. The van der Waals surface area contributed by atoms with Crippen molar-refractivity contribution in [3.63, 3.8) is 0 Å². The highest BCUT2D eigenvalue weighted by Gasteiger charge is 2.23. The van der Waals surface area contributed by atoms with Crippen LogP contribution >= 0.6 is 15.9 Å². The number of hydrogen-bond donors (Lipinski definition) is 1. The highest BCUT2D eigenvalue weighted by molar-refractivity contribution is 9.09. The number of halogens is 1. The van der Waals surface area contributed by atoms with Gasteiger partial charge in [0.2, 0.25) is 5.91 Å². The molecule has 0 aromatic heterocycles. The SMILES string of the molecule is CS(=O)(=O)CC(=O)NCC1CCCCC1Br. The van der Waals surface area contributed by atoms with E-state index in [0.29, 0.717) is 17.3 Å². The molecule has 2 atom stereocenters. The van der Waals surface area contributed by atoms with Gasteiger partial charge in [0, 0.05) is 17.6 Å². The van der Waals surface area contributed by atoms with Crippen molar-refractivity contribution in [3.8, 4) is 0 Å². The van der Waals surface area contributed by atoms with Crippen molar-refractivity contribution < 1.29 is 13.2 Å². The average Bonchev–Trinajstić information content (AvgIpc) is 2.14. The summed E-state index contributed by atoms with van der Waals surface area (Å²) >= 11 is 3.60. The zero-order chi connectivity index (χ0) is 12.2. The minimum atomic E-state index is -3.21. The summed E-state index contributed by atoms with van der Waals surface area (Å²) in [5.41, 5.74) is 0. The summed E-state index contributed by atoms with van der Waals surface area (Å²) in [6.45, 7) is 0.574. The van der Waals surface area contributed by atoms with Crippen LogP contribution in [0.4, 0.5) is 0 Å². The Balaban J connectivity index is 2.31. The second kappa shape index (κ2) is 6.00. The highest BCUT2D eigenvalue weighted by atomic mass is 79.9. The van der Waals surface area contributed by atoms with Crippen LogP contribution in [0.2, 0.25) is 0 Å². The lowest BCUT2D eigenvalue weighted by Gasteiger charge is -2.27. The number of amides is 1. The van der Waals surface area contributed by atoms with Crippen LogP contribution in [0, 0.1) is 5.92 Å². The molecule has 0 spiro atoms. The van der Waals surface area contributed by atoms with Crippen molar-refractivity contribution in [1.29, 1.82) is 0 Å². The van der Waals surface area contributed by atoms with Crippen LogP contribution in [0.25, 0.3) is 0 Å². The Morgan fingerprint density at radius 2 is 2.00 bits per heavy atom. The van der Waals surface area contributed by atoms with E-state index in [4.69, 9.17) is 0 Å². The molecule has 94 valence electrons. The number of alkyl halides is 1. The number of hydrogen-bond acceptors (Lipinski definition) is 3. The molecular weight excluding hydrogens is 294 g/mol. The minimum Gasteiger partial charge on any atom is -0.355 e. The van der Waals surface area contributed by atoms with Crippen molar-refractivity contribution in [3.05, 3.63) is 0 Å². The maximum Gasteiger partial charge on any atom is 0.235 e. The average molecular weight is 312 g/mol. The van der Waals surface area contributed by atoms with Gasteiger partial charge in [0.1, 0.15) is 5.75 Å². The zero-order valence-corrected chi connectivity index (χ0v) is 11.8. The first-order valence-electron chi connectivity index (χ1n) is 5.47. The maximum atomic E-state index is 11.3. The van der Waals surface area contributed by atoms with Gasteiger partial charge in [0.15, 0.2) is 9.84 Å². The van der Waals surface area contributed by atoms with Gasteiger partial charge < -0.3 is 5.32 Å². The molecule has 6 heteroatoms. The Kier molecular flexibility index (Phi) is 5.24. The summed E-state index contributed by atoms with van der Waals surface area (Å²) in [5, 5.41) is 2.69. The molecule has 1 amide bonds. The van der Waals surface area contributed by atoms with E-state index in [2.05, 4.69) is 21.2 Å². The van der Waals surface area contributed by atoms with Crippen LogP contribution in [-0.4, -0.2) is 37.7 Å². The summed E-state index contributed by atoms with van der Waals surface area (Å²) in [7, 11) is -3.21. The first-order valence-corrected chi connectivity index (χ1v) is 8.44. The molecule has 0 aromatic carbocycles. The van der Waals surface area contributed by atoms with Gasteiger partial charge in [0.25, 0.3) is 0 Å². The lowest BCUT2D eigenvalue weighted by molar-refractivity contribution is -0.118. The van der Waals surface area contributed by atoms with E-state index in [0.717, 1.165) is 19.1 Å². The summed E-state index contributed by atoms with van der Waals surface area (Å²) in [5.74, 6) is -0.378. The minimum absolute atomic E-state index is 0.396. The Morgan fingerprint density at radius 1 is 1.38 bits per heavy atom. The normalized spacial score (nSPS) is 26.4. The first-order chi connectivity index (χ1) is 7.38. The highest BCUT2D eigenvalue weighted by Crippen LogP contribution is 2.29. The predicted octanol–water partition coefficient (Wildman–Crippen LogP) is 1.10. The number of rotatable bonds is 4. The Labute approximate surface area is 105 Å². The second-order valence-corrected chi connectivity index (χ2v) is 7.75. The van der Waals surface area contributed by atoms with Crippen LogP contribution in [0.1, 0.15) is 25.7 Å². The third-order valence-electron chi connectivity index (χ3n) is 2.77. The van der Waals surface area contributed by atoms with E-state index in [1.807, 2.05) is 0 Å². The third kappa shape index (κ3) is 5.30. The lowest BCUT2D eigenvalue weighted by atomic mass is 9.89. The number of nitrogens with one attached hydrogen (secondary N) is 1. The van der Waals surface area contributed by atoms with E-state index in [-0.39, 0.29) is 0 Å². The van der Waals surface area contributed by atoms with Crippen molar-refractivity contribution >= 4 is 31.7 Å². The van der Waals surface area contributed by atoms with Gasteiger partial charge >= 0.3 is 0 Å². The molecule has 1 aliphatic carbocycles. The van der Waals surface area contributed by atoms with Gasteiger partial charge in [-0.05, 0) is 18.8 Å². The fraction of sp³-hybridized carbons (Fsp3) is 0.900. The van der Waals surface area contributed by atoms with E-state index in [9.17, 15) is 13.2 Å². The van der Waals surface area contributed by atoms with Crippen molar-refractivity contribution in [2.24, 2.45) is 5.92 Å². The van der Waals surface area contributed by atoms with Crippen molar-refractivity contribution in [2.45, 2.75) is 30.5 Å². The van der Waals surface area contributed by atoms with Gasteiger partial charge in [-0.2, -0.15) is 0 Å². The van der Waals surface area contributed by atoms with Gasteiger partial charge in [0.05, 0.1) is 0 Å². The molecule has 16 heavy (non-hydrogen) atoms. The molecule has 1 fully saturated rings. The monoisotopic (exact) mass is 311 g/mol. The zero-order valence-electron chi connectivity index (χ0n) is 9.41. The van der Waals surface area contributed by atoms with Gasteiger partial charge in [-0.25, -0.2) is 8.42 Å². The van der Waals surface area contributed by atoms with Gasteiger partial charge in [-0.3, -0.25) is 4.79 Å². The molecule has 2 unspecified atom stereocenters. The first kappa shape index (κ1) is 14.0. The summed E-state index contributed by atoms with van der Waals surface area (Å²) in [4.78, 5) is 11.7. The van der Waals surface area contributed by atoms with Crippen LogP contribution < -0.4 is 5.32 Å². The van der Waals surface area contributed by atoms with Crippen LogP contribution in [0.5, 0.6) is 0 Å². The summed E-state index contributed by atoms with van der Waals surface area (Å²) < 4.78 is 21.8. The molecule has 0 radical (unpaired) electrons. The molecule has 1 aliphatic rings. The van der Waals surface area contributed by atoms with Crippen LogP contribution in [0.15, 0.2) is 0 Å². The molecule has 4 nitrogen and oxygen atoms in total. The van der Waals surface area contributed by atoms with Gasteiger partial charge in [-0.1, -0.05) is 28.8 Å². The molecule has 0 aliphatic heterocycles. The smallest absolute Gasteiger partial charge is 0.235 e.